The van der Waals surface area contributed by atoms with Crippen LogP contribution >= 0.6 is 15.9 Å². The Kier molecular flexibility index (Phi) is 3.74. The molecule has 0 aromatic heterocycles. The van der Waals surface area contributed by atoms with Crippen LogP contribution in [0.1, 0.15) is 20.8 Å². The largest absolute Gasteiger partial charge is 0.460 e. The van der Waals surface area contributed by atoms with Gasteiger partial charge < -0.3 is 9.47 Å². The molecule has 0 amide bonds. The van der Waals surface area contributed by atoms with Gasteiger partial charge in [-0.05, 0) is 5.92 Å². The topological polar surface area (TPSA) is 35.5 Å². The summed E-state index contributed by atoms with van der Waals surface area (Å²) in [4.78, 5) is 10.8. The summed E-state index contributed by atoms with van der Waals surface area (Å²) in [5.74, 6) is 0.459. The van der Waals surface area contributed by atoms with Crippen molar-refractivity contribution in [1.82, 2.24) is 0 Å². The Morgan fingerprint density at radius 2 is 2.08 bits per heavy atom. The van der Waals surface area contributed by atoms with Gasteiger partial charge in [0.25, 0.3) is 0 Å². The quantitative estimate of drug-likeness (QED) is 0.527. The molecule has 0 aromatic rings. The summed E-state index contributed by atoms with van der Waals surface area (Å²) in [6.45, 7) is 6.08. The van der Waals surface area contributed by atoms with Gasteiger partial charge in [0, 0.05) is 12.8 Å². The van der Waals surface area contributed by atoms with Gasteiger partial charge in [0.05, 0.1) is 6.61 Å². The van der Waals surface area contributed by atoms with Crippen molar-refractivity contribution in [2.45, 2.75) is 31.9 Å². The van der Waals surface area contributed by atoms with Crippen molar-refractivity contribution in [2.24, 2.45) is 11.8 Å². The van der Waals surface area contributed by atoms with E-state index >= 15 is 0 Å². The van der Waals surface area contributed by atoms with Crippen LogP contribution in [0.5, 0.6) is 0 Å². The van der Waals surface area contributed by atoms with Crippen LogP contribution in [0, 0.1) is 11.8 Å². The molecule has 1 aliphatic rings. The van der Waals surface area contributed by atoms with Gasteiger partial charge in [-0.1, -0.05) is 29.8 Å². The maximum absolute atomic E-state index is 10.8. The third-order valence-electron chi connectivity index (χ3n) is 2.57. The minimum atomic E-state index is -0.235. The van der Waals surface area contributed by atoms with Crippen LogP contribution in [-0.2, 0) is 14.3 Å². The van der Waals surface area contributed by atoms with Gasteiger partial charge in [-0.25, -0.2) is 0 Å². The van der Waals surface area contributed by atoms with Crippen LogP contribution in [0.3, 0.4) is 0 Å². The zero-order valence-corrected chi connectivity index (χ0v) is 9.71. The number of hydrogen-bond acceptors (Lipinski definition) is 3. The average Bonchev–Trinajstić information content (AvgIpc) is 2.06. The fourth-order valence-electron chi connectivity index (χ4n) is 1.42. The van der Waals surface area contributed by atoms with Crippen molar-refractivity contribution in [1.29, 1.82) is 0 Å². The lowest BCUT2D eigenvalue weighted by molar-refractivity contribution is -0.162. The van der Waals surface area contributed by atoms with Crippen LogP contribution in [0.25, 0.3) is 0 Å². The second kappa shape index (κ2) is 4.42. The molecule has 0 bridgehead atoms. The number of carbonyl (C=O) groups excluding carboxylic acids is 1. The summed E-state index contributed by atoms with van der Waals surface area (Å²) < 4.78 is 10.6. The zero-order valence-electron chi connectivity index (χ0n) is 8.12. The molecule has 0 N–H and O–H groups in total. The van der Waals surface area contributed by atoms with E-state index in [2.05, 4.69) is 29.8 Å². The third kappa shape index (κ3) is 2.68. The number of ether oxygens (including phenoxy) is 2. The van der Waals surface area contributed by atoms with Crippen LogP contribution in [0.4, 0.5) is 0 Å². The van der Waals surface area contributed by atoms with E-state index in [0.717, 1.165) is 0 Å². The number of esters is 1. The molecule has 4 unspecified atom stereocenters. The Labute approximate surface area is 86.9 Å². The van der Waals surface area contributed by atoms with Gasteiger partial charge >= 0.3 is 5.97 Å². The first-order valence-corrected chi connectivity index (χ1v) is 5.37. The second-order valence-corrected chi connectivity index (χ2v) is 4.45. The molecule has 76 valence electrons. The van der Waals surface area contributed by atoms with Crippen LogP contribution in [0.2, 0.25) is 0 Å². The molecule has 0 spiro atoms. The van der Waals surface area contributed by atoms with E-state index in [1.165, 1.54) is 6.92 Å². The number of carbonyl (C=O) groups is 1. The van der Waals surface area contributed by atoms with Crippen molar-refractivity contribution >= 4 is 21.9 Å². The molecule has 1 aliphatic heterocycles. The summed E-state index contributed by atoms with van der Waals surface area (Å²) in [6.07, 6.45) is -0.0960. The third-order valence-corrected chi connectivity index (χ3v) is 3.66. The summed E-state index contributed by atoms with van der Waals surface area (Å²) in [6, 6.07) is 0. The van der Waals surface area contributed by atoms with E-state index in [-0.39, 0.29) is 17.1 Å². The summed E-state index contributed by atoms with van der Waals surface area (Å²) in [5, 5.41) is 0.0781. The van der Waals surface area contributed by atoms with Gasteiger partial charge in [0.2, 0.25) is 0 Å². The lowest BCUT2D eigenvalue weighted by Crippen LogP contribution is -2.42. The van der Waals surface area contributed by atoms with Crippen molar-refractivity contribution < 1.29 is 14.3 Å². The molecule has 3 nitrogen and oxygen atoms in total. The SMILES string of the molecule is CC(=O)OC1COC(Br)C(C)C1C. The number of alkyl halides is 1. The minimum Gasteiger partial charge on any atom is -0.460 e. The highest BCUT2D eigenvalue weighted by Gasteiger charge is 2.35. The average molecular weight is 251 g/mol. The van der Waals surface area contributed by atoms with Gasteiger partial charge in [-0.2, -0.15) is 0 Å². The lowest BCUT2D eigenvalue weighted by Gasteiger charge is -2.36. The maximum atomic E-state index is 10.8. The van der Waals surface area contributed by atoms with Gasteiger partial charge in [0.15, 0.2) is 0 Å². The fraction of sp³-hybridized carbons (Fsp3) is 0.889. The molecule has 4 atom stereocenters. The van der Waals surface area contributed by atoms with Crippen molar-refractivity contribution in [2.75, 3.05) is 6.61 Å². The highest BCUT2D eigenvalue weighted by atomic mass is 79.9. The van der Waals surface area contributed by atoms with E-state index in [4.69, 9.17) is 9.47 Å². The van der Waals surface area contributed by atoms with Crippen LogP contribution < -0.4 is 0 Å². The van der Waals surface area contributed by atoms with Gasteiger partial charge in [-0.3, -0.25) is 4.79 Å². The first kappa shape index (κ1) is 11.0. The van der Waals surface area contributed by atoms with Crippen molar-refractivity contribution in [3.8, 4) is 0 Å². The minimum absolute atomic E-state index is 0.0781. The highest BCUT2D eigenvalue weighted by molar-refractivity contribution is 9.09. The van der Waals surface area contributed by atoms with E-state index in [0.29, 0.717) is 18.4 Å². The van der Waals surface area contributed by atoms with E-state index in [9.17, 15) is 4.79 Å². The van der Waals surface area contributed by atoms with Crippen molar-refractivity contribution in [3.05, 3.63) is 0 Å². The van der Waals surface area contributed by atoms with E-state index in [1.54, 1.807) is 0 Å². The zero-order chi connectivity index (χ0) is 10.0. The highest BCUT2D eigenvalue weighted by Crippen LogP contribution is 2.31. The molecule has 0 saturated carbocycles. The Bertz CT molecular complexity index is 195. The predicted molar refractivity (Wildman–Crippen MR) is 52.5 cm³/mol. The molecular formula is C9H15BrO3. The lowest BCUT2D eigenvalue weighted by atomic mass is 9.89. The summed E-state index contributed by atoms with van der Waals surface area (Å²) >= 11 is 3.43. The first-order chi connectivity index (χ1) is 6.02. The number of hydrogen-bond donors (Lipinski definition) is 0. The van der Waals surface area contributed by atoms with Crippen LogP contribution in [-0.4, -0.2) is 23.7 Å². The van der Waals surface area contributed by atoms with Crippen LogP contribution in [0.15, 0.2) is 0 Å². The first-order valence-electron chi connectivity index (χ1n) is 4.45. The Balaban J connectivity index is 2.53. The molecule has 1 heterocycles. The molecular weight excluding hydrogens is 236 g/mol. The summed E-state index contributed by atoms with van der Waals surface area (Å²) in [5.41, 5.74) is 0. The monoisotopic (exact) mass is 250 g/mol. The molecule has 0 radical (unpaired) electrons. The van der Waals surface area contributed by atoms with E-state index < -0.39 is 0 Å². The maximum Gasteiger partial charge on any atom is 0.302 e. The van der Waals surface area contributed by atoms with Crippen molar-refractivity contribution in [3.63, 3.8) is 0 Å². The molecule has 0 aromatic carbocycles. The summed E-state index contributed by atoms with van der Waals surface area (Å²) in [7, 11) is 0. The fourth-order valence-corrected chi connectivity index (χ4v) is 2.06. The Hall–Kier alpha value is -0.0900. The van der Waals surface area contributed by atoms with Gasteiger partial charge in [-0.15, -0.1) is 0 Å². The molecule has 0 aliphatic carbocycles. The standard InChI is InChI=1S/C9H15BrO3/c1-5-6(2)9(10)12-4-8(5)13-7(3)11/h5-6,8-9H,4H2,1-3H3. The Morgan fingerprint density at radius 3 is 2.62 bits per heavy atom. The Morgan fingerprint density at radius 1 is 1.46 bits per heavy atom. The molecule has 1 fully saturated rings. The smallest absolute Gasteiger partial charge is 0.302 e. The molecule has 1 saturated heterocycles. The van der Waals surface area contributed by atoms with Gasteiger partial charge in [0.1, 0.15) is 11.1 Å². The number of halogens is 1. The second-order valence-electron chi connectivity index (χ2n) is 3.55. The number of rotatable bonds is 1. The molecule has 4 heteroatoms. The molecule has 13 heavy (non-hydrogen) atoms. The predicted octanol–water partition coefficient (Wildman–Crippen LogP) is 1.94. The normalized spacial score (nSPS) is 40.0. The van der Waals surface area contributed by atoms with E-state index in [1.807, 2.05) is 0 Å². The molecule has 1 rings (SSSR count).